The molecule has 0 fully saturated rings. The van der Waals surface area contributed by atoms with Crippen LogP contribution < -0.4 is 0 Å². The second-order valence-electron chi connectivity index (χ2n) is 14.7. The summed E-state index contributed by atoms with van der Waals surface area (Å²) < 4.78 is 0.815. The quantitative estimate of drug-likeness (QED) is 0.0564. The van der Waals surface area contributed by atoms with Gasteiger partial charge in [-0.3, -0.25) is 0 Å². The Labute approximate surface area is 266 Å². The summed E-state index contributed by atoms with van der Waals surface area (Å²) >= 11 is 0. The van der Waals surface area contributed by atoms with Crippen molar-refractivity contribution < 1.29 is 14.7 Å². The van der Waals surface area contributed by atoms with Crippen LogP contribution in [0.1, 0.15) is 206 Å². The molecule has 0 saturated heterocycles. The van der Waals surface area contributed by atoms with Gasteiger partial charge in [0.15, 0.2) is 0 Å². The molecule has 0 aromatic heterocycles. The third-order valence-electron chi connectivity index (χ3n) is 9.76. The first-order valence-corrected chi connectivity index (χ1v) is 19.6. The lowest BCUT2D eigenvalue weighted by Crippen LogP contribution is -2.47. The fourth-order valence-corrected chi connectivity index (χ4v) is 6.79. The molecule has 0 aromatic carbocycles. The molecule has 0 saturated carbocycles. The first-order valence-electron chi connectivity index (χ1n) is 19.6. The molecule has 3 nitrogen and oxygen atoms in total. The summed E-state index contributed by atoms with van der Waals surface area (Å²) in [5.74, 6) is 0.367. The fraction of sp³-hybridized carbons (Fsp3) is 1.00. The van der Waals surface area contributed by atoms with Crippen molar-refractivity contribution in [1.29, 1.82) is 0 Å². The van der Waals surface area contributed by atoms with E-state index in [4.69, 9.17) is 0 Å². The van der Waals surface area contributed by atoms with Gasteiger partial charge in [-0.05, 0) is 12.8 Å². The van der Waals surface area contributed by atoms with Gasteiger partial charge in [-0.15, -0.1) is 0 Å². The highest BCUT2D eigenvalue weighted by molar-refractivity contribution is 4.70. The van der Waals surface area contributed by atoms with Crippen molar-refractivity contribution >= 4 is 0 Å². The Morgan fingerprint density at radius 2 is 0.714 bits per heavy atom. The van der Waals surface area contributed by atoms with Gasteiger partial charge in [0.2, 0.25) is 0 Å². The van der Waals surface area contributed by atoms with Crippen LogP contribution >= 0.6 is 0 Å². The van der Waals surface area contributed by atoms with Crippen LogP contribution in [-0.4, -0.2) is 54.6 Å². The number of hydrogen-bond acceptors (Lipinski definition) is 2. The lowest BCUT2D eigenvalue weighted by Gasteiger charge is -2.35. The summed E-state index contributed by atoms with van der Waals surface area (Å²) in [7, 11) is 4.43. The highest BCUT2D eigenvalue weighted by Crippen LogP contribution is 2.23. The molecule has 0 spiro atoms. The smallest absolute Gasteiger partial charge is 0.102 e. The Morgan fingerprint density at radius 1 is 0.429 bits per heavy atom. The van der Waals surface area contributed by atoms with Crippen molar-refractivity contribution in [3.63, 3.8) is 0 Å². The number of nitrogens with zero attached hydrogens (tertiary/aromatic N) is 1. The molecule has 0 rings (SSSR count). The molecular weight excluding hydrogens is 514 g/mol. The third-order valence-corrected chi connectivity index (χ3v) is 9.76. The number of quaternary nitrogens is 1. The standard InChI is InChI=1S/C39H82NO2/c1-5-7-9-11-13-15-17-19-21-23-25-27-29-31-33-38(37-40(3,4)35-36-41)39(42)34-32-30-28-26-24-22-20-18-16-14-12-10-8-6-2/h38-39,41-42H,5-37H2,1-4H3/q+1. The number of aliphatic hydroxyl groups excluding tert-OH is 2. The van der Waals surface area contributed by atoms with Crippen molar-refractivity contribution in [2.75, 3.05) is 33.8 Å². The Bertz CT molecular complexity index is 509. The third kappa shape index (κ3) is 29.9. The maximum absolute atomic E-state index is 11.2. The van der Waals surface area contributed by atoms with Crippen LogP contribution in [0.4, 0.5) is 0 Å². The number of rotatable bonds is 35. The predicted molar refractivity (Wildman–Crippen MR) is 188 cm³/mol. The summed E-state index contributed by atoms with van der Waals surface area (Å²) in [4.78, 5) is 0. The molecule has 0 aromatic rings. The Kier molecular flexibility index (Phi) is 32.2. The molecule has 0 amide bonds. The van der Waals surface area contributed by atoms with Crippen LogP contribution in [0.3, 0.4) is 0 Å². The molecule has 2 N–H and O–H groups in total. The molecule has 42 heavy (non-hydrogen) atoms. The van der Waals surface area contributed by atoms with Crippen molar-refractivity contribution in [2.45, 2.75) is 213 Å². The van der Waals surface area contributed by atoms with Crippen molar-refractivity contribution in [1.82, 2.24) is 0 Å². The Morgan fingerprint density at radius 3 is 1.02 bits per heavy atom. The summed E-state index contributed by atoms with van der Waals surface area (Å²) in [6, 6.07) is 0. The van der Waals surface area contributed by atoms with Gasteiger partial charge in [0, 0.05) is 5.92 Å². The van der Waals surface area contributed by atoms with Crippen LogP contribution in [0, 0.1) is 5.92 Å². The van der Waals surface area contributed by atoms with Gasteiger partial charge in [-0.2, -0.15) is 0 Å². The average Bonchev–Trinajstić information content (AvgIpc) is 2.96. The molecule has 254 valence electrons. The van der Waals surface area contributed by atoms with E-state index in [1.807, 2.05) is 0 Å². The SMILES string of the molecule is CCCCCCCCCCCCCCCCC(O)C(CCCCCCCCCCCCCCCC)C[N+](C)(C)CCO. The van der Waals surface area contributed by atoms with Crippen LogP contribution in [0.25, 0.3) is 0 Å². The normalized spacial score (nSPS) is 13.6. The number of hydrogen-bond donors (Lipinski definition) is 2. The topological polar surface area (TPSA) is 40.5 Å². The molecule has 0 aliphatic heterocycles. The van der Waals surface area contributed by atoms with E-state index < -0.39 is 0 Å². The van der Waals surface area contributed by atoms with E-state index in [9.17, 15) is 10.2 Å². The molecule has 2 unspecified atom stereocenters. The predicted octanol–water partition coefficient (Wildman–Crippen LogP) is 11.8. The lowest BCUT2D eigenvalue weighted by molar-refractivity contribution is -0.894. The highest BCUT2D eigenvalue weighted by Gasteiger charge is 2.27. The van der Waals surface area contributed by atoms with E-state index in [2.05, 4.69) is 27.9 Å². The number of unbranched alkanes of at least 4 members (excludes halogenated alkanes) is 26. The van der Waals surface area contributed by atoms with Gasteiger partial charge in [0.25, 0.3) is 0 Å². The van der Waals surface area contributed by atoms with Crippen molar-refractivity contribution in [3.8, 4) is 0 Å². The zero-order chi connectivity index (χ0) is 31.0. The van der Waals surface area contributed by atoms with Gasteiger partial charge < -0.3 is 14.7 Å². The zero-order valence-electron chi connectivity index (χ0n) is 29.8. The zero-order valence-corrected chi connectivity index (χ0v) is 29.8. The molecule has 2 atom stereocenters. The summed E-state index contributed by atoms with van der Waals surface area (Å²) in [6.07, 6.45) is 40.8. The van der Waals surface area contributed by atoms with E-state index in [0.717, 1.165) is 30.4 Å². The maximum atomic E-state index is 11.2. The molecule has 0 radical (unpaired) electrons. The lowest BCUT2D eigenvalue weighted by atomic mass is 9.90. The average molecular weight is 597 g/mol. The second kappa shape index (κ2) is 32.3. The van der Waals surface area contributed by atoms with Gasteiger partial charge >= 0.3 is 0 Å². The van der Waals surface area contributed by atoms with Gasteiger partial charge in [0.05, 0.1) is 33.4 Å². The first-order chi connectivity index (χ1) is 20.5. The van der Waals surface area contributed by atoms with Crippen molar-refractivity contribution in [2.24, 2.45) is 5.92 Å². The number of likely N-dealkylation sites (N-methyl/N-ethyl adjacent to an activating group) is 1. The van der Waals surface area contributed by atoms with E-state index in [0.29, 0.717) is 5.92 Å². The Hall–Kier alpha value is -0.120. The molecule has 0 aliphatic carbocycles. The van der Waals surface area contributed by atoms with E-state index >= 15 is 0 Å². The maximum Gasteiger partial charge on any atom is 0.102 e. The van der Waals surface area contributed by atoms with Gasteiger partial charge in [-0.1, -0.05) is 194 Å². The van der Waals surface area contributed by atoms with E-state index in [1.54, 1.807) is 0 Å². The summed E-state index contributed by atoms with van der Waals surface area (Å²) in [5.41, 5.74) is 0. The van der Waals surface area contributed by atoms with E-state index in [1.165, 1.54) is 180 Å². The minimum Gasteiger partial charge on any atom is -0.393 e. The van der Waals surface area contributed by atoms with Crippen LogP contribution in [-0.2, 0) is 0 Å². The van der Waals surface area contributed by atoms with Crippen LogP contribution in [0.5, 0.6) is 0 Å². The summed E-state index contributed by atoms with van der Waals surface area (Å²) in [6.45, 7) is 6.58. The molecule has 0 heterocycles. The van der Waals surface area contributed by atoms with Gasteiger partial charge in [-0.25, -0.2) is 0 Å². The molecular formula is C39H82NO2+. The molecule has 0 aliphatic rings. The Balaban J connectivity index is 3.94. The minimum atomic E-state index is -0.180. The monoisotopic (exact) mass is 597 g/mol. The molecule has 0 bridgehead atoms. The number of aliphatic hydroxyl groups is 2. The summed E-state index contributed by atoms with van der Waals surface area (Å²) in [5, 5.41) is 20.7. The highest BCUT2D eigenvalue weighted by atomic mass is 16.3. The fourth-order valence-electron chi connectivity index (χ4n) is 6.79. The second-order valence-corrected chi connectivity index (χ2v) is 14.7. The van der Waals surface area contributed by atoms with Crippen LogP contribution in [0.15, 0.2) is 0 Å². The van der Waals surface area contributed by atoms with Crippen molar-refractivity contribution in [3.05, 3.63) is 0 Å². The largest absolute Gasteiger partial charge is 0.393 e. The minimum absolute atomic E-state index is 0.180. The van der Waals surface area contributed by atoms with Gasteiger partial charge in [0.1, 0.15) is 6.54 Å². The van der Waals surface area contributed by atoms with Crippen LogP contribution in [0.2, 0.25) is 0 Å². The first kappa shape index (κ1) is 41.9. The van der Waals surface area contributed by atoms with E-state index in [-0.39, 0.29) is 12.7 Å². The molecule has 3 heteroatoms.